The maximum absolute atomic E-state index is 6.73. The van der Waals surface area contributed by atoms with Gasteiger partial charge in [0.05, 0.1) is 28.1 Å². The highest BCUT2D eigenvalue weighted by molar-refractivity contribution is 7.26. The van der Waals surface area contributed by atoms with Crippen LogP contribution in [0, 0.1) is 0 Å². The third kappa shape index (κ3) is 4.45. The average Bonchev–Trinajstić information content (AvgIpc) is 3.88. The molecule has 4 heterocycles. The molecule has 7 aromatic carbocycles. The molecule has 1 aliphatic heterocycles. The molecule has 5 nitrogen and oxygen atoms in total. The van der Waals surface area contributed by atoms with Gasteiger partial charge in [-0.1, -0.05) is 127 Å². The minimum absolute atomic E-state index is 0.0963. The number of benzene rings is 7. The number of nitrogens with zero attached hydrogens (tertiary/aromatic N) is 1. The van der Waals surface area contributed by atoms with Crippen molar-refractivity contribution in [1.82, 2.24) is 20.5 Å². The van der Waals surface area contributed by atoms with Gasteiger partial charge in [-0.3, -0.25) is 16.0 Å². The Morgan fingerprint density at radius 1 is 0.510 bits per heavy atom. The van der Waals surface area contributed by atoms with Gasteiger partial charge in [-0.25, -0.2) is 0 Å². The van der Waals surface area contributed by atoms with Crippen LogP contribution in [0.1, 0.15) is 29.7 Å². The van der Waals surface area contributed by atoms with E-state index in [0.717, 1.165) is 16.6 Å². The predicted molar refractivity (Wildman–Crippen MR) is 212 cm³/mol. The number of hydrogen-bond acceptors (Lipinski definition) is 5. The Morgan fingerprint density at radius 2 is 1.18 bits per heavy atom. The van der Waals surface area contributed by atoms with Crippen LogP contribution < -0.4 is 16.0 Å². The first-order chi connectivity index (χ1) is 25.3. The SMILES string of the molecule is c1ccc(-c2cccc3oc4c(ccc5c4sc4cccc(C6NC(c7ccccc7)NC(n7c8ccccc8c8ccccc87)N6)c45)c23)cc1. The Hall–Kier alpha value is -5.76. The summed E-state index contributed by atoms with van der Waals surface area (Å²) >= 11 is 1.82. The Morgan fingerprint density at radius 3 is 1.96 bits per heavy atom. The van der Waals surface area contributed by atoms with Gasteiger partial charge in [-0.15, -0.1) is 11.3 Å². The number of aromatic nitrogens is 1. The van der Waals surface area contributed by atoms with Crippen LogP contribution in [0.25, 0.3) is 75.0 Å². The first-order valence-electron chi connectivity index (χ1n) is 17.5. The highest BCUT2D eigenvalue weighted by Gasteiger charge is 2.33. The fourth-order valence-electron chi connectivity index (χ4n) is 8.32. The summed E-state index contributed by atoms with van der Waals surface area (Å²) in [7, 11) is 0. The number of thiophene rings is 1. The van der Waals surface area contributed by atoms with Crippen LogP contribution in [-0.4, -0.2) is 4.57 Å². The molecule has 3 aromatic heterocycles. The molecule has 6 heteroatoms. The van der Waals surface area contributed by atoms with Gasteiger partial charge < -0.3 is 8.98 Å². The van der Waals surface area contributed by atoms with Crippen molar-refractivity contribution < 1.29 is 4.42 Å². The topological polar surface area (TPSA) is 54.2 Å². The molecule has 1 aliphatic rings. The summed E-state index contributed by atoms with van der Waals surface area (Å²) in [6.07, 6.45) is -0.440. The van der Waals surface area contributed by atoms with E-state index in [2.05, 4.69) is 178 Å². The van der Waals surface area contributed by atoms with E-state index < -0.39 is 0 Å². The Labute approximate surface area is 297 Å². The van der Waals surface area contributed by atoms with Gasteiger partial charge >= 0.3 is 0 Å². The smallest absolute Gasteiger partial charge is 0.153 e. The van der Waals surface area contributed by atoms with Crippen LogP contribution in [0.5, 0.6) is 0 Å². The first kappa shape index (κ1) is 29.0. The molecule has 0 bridgehead atoms. The molecule has 1 fully saturated rings. The molecule has 11 rings (SSSR count). The van der Waals surface area contributed by atoms with E-state index in [1.54, 1.807) is 0 Å². The molecular formula is C45H32N4OS. The van der Waals surface area contributed by atoms with E-state index in [4.69, 9.17) is 4.42 Å². The number of para-hydroxylation sites is 2. The van der Waals surface area contributed by atoms with Crippen molar-refractivity contribution >= 4 is 75.3 Å². The monoisotopic (exact) mass is 676 g/mol. The lowest BCUT2D eigenvalue weighted by atomic mass is 9.98. The average molecular weight is 677 g/mol. The summed E-state index contributed by atoms with van der Waals surface area (Å²) in [5, 5.41) is 19.2. The van der Waals surface area contributed by atoms with Crippen LogP contribution in [-0.2, 0) is 0 Å². The third-order valence-electron chi connectivity index (χ3n) is 10.5. The maximum atomic E-state index is 6.73. The van der Waals surface area contributed by atoms with Crippen molar-refractivity contribution in [2.24, 2.45) is 0 Å². The minimum atomic E-state index is -0.190. The van der Waals surface area contributed by atoms with E-state index >= 15 is 0 Å². The zero-order chi connectivity index (χ0) is 33.5. The van der Waals surface area contributed by atoms with Gasteiger partial charge in [-0.05, 0) is 52.6 Å². The molecule has 1 saturated heterocycles. The largest absolute Gasteiger partial charge is 0.455 e. The standard InChI is InChI=1S/C45H32N4OS/c1-3-13-27(14-4-1)29-19-11-23-37-39(29)32-25-26-33-40-34(20-12-24-38(40)51-42(33)41(32)50-37)44-46-43(28-15-5-2-6-16-28)47-45(48-44)49-35-21-9-7-17-30(35)31-18-8-10-22-36(31)49/h1-26,43-48H. The molecule has 0 amide bonds. The second-order valence-corrected chi connectivity index (χ2v) is 14.4. The first-order valence-corrected chi connectivity index (χ1v) is 18.3. The molecule has 0 aliphatic carbocycles. The van der Waals surface area contributed by atoms with Crippen molar-refractivity contribution in [3.8, 4) is 11.1 Å². The van der Waals surface area contributed by atoms with Crippen molar-refractivity contribution in [3.63, 3.8) is 0 Å². The normalized spacial score (nSPS) is 18.2. The van der Waals surface area contributed by atoms with Gasteiger partial charge in [0.25, 0.3) is 0 Å². The van der Waals surface area contributed by atoms with Crippen molar-refractivity contribution in [2.75, 3.05) is 0 Å². The summed E-state index contributed by atoms with van der Waals surface area (Å²) in [5.41, 5.74) is 9.04. The molecule has 51 heavy (non-hydrogen) atoms. The second-order valence-electron chi connectivity index (χ2n) is 13.4. The molecular weight excluding hydrogens is 645 g/mol. The molecule has 3 unspecified atom stereocenters. The molecule has 0 saturated carbocycles. The summed E-state index contributed by atoms with van der Waals surface area (Å²) in [4.78, 5) is 0. The minimum Gasteiger partial charge on any atom is -0.455 e. The van der Waals surface area contributed by atoms with E-state index in [1.807, 2.05) is 11.3 Å². The van der Waals surface area contributed by atoms with Crippen molar-refractivity contribution in [2.45, 2.75) is 18.6 Å². The van der Waals surface area contributed by atoms with Gasteiger partial charge in [0.1, 0.15) is 11.9 Å². The van der Waals surface area contributed by atoms with Crippen LogP contribution in [0.4, 0.5) is 0 Å². The highest BCUT2D eigenvalue weighted by Crippen LogP contribution is 2.46. The van der Waals surface area contributed by atoms with Crippen LogP contribution in [0.2, 0.25) is 0 Å². The molecule has 0 spiro atoms. The van der Waals surface area contributed by atoms with Gasteiger partial charge in [-0.2, -0.15) is 0 Å². The van der Waals surface area contributed by atoms with Crippen molar-refractivity contribution in [3.05, 3.63) is 169 Å². The molecule has 3 atom stereocenters. The number of nitrogens with one attached hydrogen (secondary N) is 3. The fraction of sp³-hybridized carbons (Fsp3) is 0.0667. The third-order valence-corrected chi connectivity index (χ3v) is 11.7. The lowest BCUT2D eigenvalue weighted by molar-refractivity contribution is 0.161. The number of fused-ring (bicyclic) bond motifs is 10. The molecule has 244 valence electrons. The quantitative estimate of drug-likeness (QED) is 0.174. The maximum Gasteiger partial charge on any atom is 0.153 e. The van der Waals surface area contributed by atoms with E-state index in [1.165, 1.54) is 69.6 Å². The highest BCUT2D eigenvalue weighted by atomic mass is 32.1. The van der Waals surface area contributed by atoms with Gasteiger partial charge in [0.15, 0.2) is 5.58 Å². The van der Waals surface area contributed by atoms with E-state index in [9.17, 15) is 0 Å². The Kier molecular flexibility index (Phi) is 6.48. The fourth-order valence-corrected chi connectivity index (χ4v) is 9.54. The summed E-state index contributed by atoms with van der Waals surface area (Å²) < 4.78 is 11.6. The van der Waals surface area contributed by atoms with Crippen LogP contribution >= 0.6 is 11.3 Å². The summed E-state index contributed by atoms with van der Waals surface area (Å²) in [6, 6.07) is 56.3. The van der Waals surface area contributed by atoms with Gasteiger partial charge in [0.2, 0.25) is 0 Å². The van der Waals surface area contributed by atoms with Gasteiger partial charge in [0, 0.05) is 37.0 Å². The second kappa shape index (κ2) is 11.4. The summed E-state index contributed by atoms with van der Waals surface area (Å²) in [6.45, 7) is 0. The Balaban J connectivity index is 1.10. The Bertz CT molecular complexity index is 2870. The van der Waals surface area contributed by atoms with E-state index in [-0.39, 0.29) is 18.6 Å². The lowest BCUT2D eigenvalue weighted by Crippen LogP contribution is -2.56. The van der Waals surface area contributed by atoms with Crippen molar-refractivity contribution in [1.29, 1.82) is 0 Å². The lowest BCUT2D eigenvalue weighted by Gasteiger charge is -2.40. The predicted octanol–water partition coefficient (Wildman–Crippen LogP) is 11.4. The van der Waals surface area contributed by atoms with Crippen LogP contribution in [0.15, 0.2) is 162 Å². The zero-order valence-corrected chi connectivity index (χ0v) is 28.3. The summed E-state index contributed by atoms with van der Waals surface area (Å²) in [5.74, 6) is 0. The molecule has 0 radical (unpaired) electrons. The van der Waals surface area contributed by atoms with Crippen LogP contribution in [0.3, 0.4) is 0 Å². The molecule has 10 aromatic rings. The number of rotatable bonds is 4. The molecule has 3 N–H and O–H groups in total. The number of furan rings is 1. The van der Waals surface area contributed by atoms with E-state index in [0.29, 0.717) is 0 Å². The number of hydrogen-bond donors (Lipinski definition) is 3. The zero-order valence-electron chi connectivity index (χ0n) is 27.5.